The number of cyclic esters (lactones) is 1. The van der Waals surface area contributed by atoms with E-state index in [1.54, 1.807) is 54.6 Å². The highest BCUT2D eigenvalue weighted by Gasteiger charge is 2.37. The number of hydrogen-bond acceptors (Lipinski definition) is 5. The molecule has 0 saturated carbocycles. The number of esters is 1. The van der Waals surface area contributed by atoms with Gasteiger partial charge < -0.3 is 9.15 Å². The van der Waals surface area contributed by atoms with Crippen molar-refractivity contribution in [2.75, 3.05) is 0 Å². The summed E-state index contributed by atoms with van der Waals surface area (Å²) in [5, 5.41) is 0.446. The molecule has 6 nitrogen and oxygen atoms in total. The fraction of sp³-hybridized carbons (Fsp3) is 0.0952. The number of nitrogens with zero attached hydrogens (tertiary/aromatic N) is 1. The predicted octanol–water partition coefficient (Wildman–Crippen LogP) is 3.99. The quantitative estimate of drug-likeness (QED) is 0.496. The number of ether oxygens (including phenoxy) is 1. The average molecular weight is 394 g/mol. The molecule has 7 heteroatoms. The molecule has 1 atom stereocenters. The number of furan rings is 1. The van der Waals surface area contributed by atoms with Gasteiger partial charge in [0, 0.05) is 10.6 Å². The highest BCUT2D eigenvalue weighted by Crippen LogP contribution is 2.38. The van der Waals surface area contributed by atoms with Crippen molar-refractivity contribution in [2.45, 2.75) is 12.6 Å². The molecule has 2 amide bonds. The van der Waals surface area contributed by atoms with Crippen LogP contribution in [0.3, 0.4) is 0 Å². The number of carbonyl (C=O) groups is 3. The Labute approximate surface area is 164 Å². The summed E-state index contributed by atoms with van der Waals surface area (Å²) in [4.78, 5) is 38.2. The number of carbonyl (C=O) groups excluding carboxylic acids is 3. The molecule has 2 aliphatic rings. The molecular formula is C21H12ClNO5. The Bertz CT molecular complexity index is 1130. The molecule has 28 heavy (non-hydrogen) atoms. The molecule has 0 saturated heterocycles. The van der Waals surface area contributed by atoms with E-state index >= 15 is 0 Å². The van der Waals surface area contributed by atoms with Gasteiger partial charge in [-0.3, -0.25) is 14.5 Å². The van der Waals surface area contributed by atoms with Crippen LogP contribution in [0.1, 0.15) is 54.3 Å². The third-order valence-corrected chi connectivity index (χ3v) is 5.11. The number of fused-ring (bicyclic) bond motifs is 2. The fourth-order valence-corrected chi connectivity index (χ4v) is 3.71. The van der Waals surface area contributed by atoms with Crippen LogP contribution in [0.4, 0.5) is 0 Å². The zero-order chi connectivity index (χ0) is 19.4. The van der Waals surface area contributed by atoms with Gasteiger partial charge in [-0.25, -0.2) is 4.79 Å². The highest BCUT2D eigenvalue weighted by molar-refractivity contribution is 6.31. The second-order valence-electron chi connectivity index (χ2n) is 6.56. The van der Waals surface area contributed by atoms with Crippen LogP contribution in [0, 0.1) is 0 Å². The molecule has 138 valence electrons. The summed E-state index contributed by atoms with van der Waals surface area (Å²) in [5.74, 6) is -0.346. The zero-order valence-corrected chi connectivity index (χ0v) is 15.1. The highest BCUT2D eigenvalue weighted by atomic mass is 35.5. The molecular weight excluding hydrogens is 382 g/mol. The first-order valence-corrected chi connectivity index (χ1v) is 8.95. The number of halogens is 1. The summed E-state index contributed by atoms with van der Waals surface area (Å²) in [6, 6.07) is 15.0. The molecule has 0 bridgehead atoms. The smallest absolute Gasteiger partial charge is 0.339 e. The van der Waals surface area contributed by atoms with Crippen LogP contribution in [0.25, 0.3) is 0 Å². The van der Waals surface area contributed by atoms with Gasteiger partial charge in [-0.1, -0.05) is 29.8 Å². The van der Waals surface area contributed by atoms with Crippen molar-refractivity contribution in [3.8, 4) is 0 Å². The van der Waals surface area contributed by atoms with Gasteiger partial charge >= 0.3 is 5.97 Å². The van der Waals surface area contributed by atoms with Crippen LogP contribution in [0.2, 0.25) is 5.02 Å². The van der Waals surface area contributed by atoms with Crippen molar-refractivity contribution in [3.63, 3.8) is 0 Å². The SMILES string of the molecule is O=C1OC(c2ccc(CN3C(=O)c4ccccc4C3=O)o2)c2ccc(Cl)cc21. The molecule has 2 aliphatic heterocycles. The second kappa shape index (κ2) is 6.07. The first kappa shape index (κ1) is 16.8. The molecule has 3 heterocycles. The summed E-state index contributed by atoms with van der Waals surface area (Å²) in [5.41, 5.74) is 1.83. The normalized spacial score (nSPS) is 17.7. The standard InChI is InChI=1S/C21H12ClNO5/c22-11-5-7-13-16(9-11)21(26)28-18(13)17-8-6-12(27-17)10-23-19(24)14-3-1-2-4-15(14)20(23)25/h1-9,18H,10H2. The van der Waals surface area contributed by atoms with Crippen LogP contribution in [-0.2, 0) is 11.3 Å². The van der Waals surface area contributed by atoms with Gasteiger partial charge in [0.2, 0.25) is 0 Å². The zero-order valence-electron chi connectivity index (χ0n) is 14.3. The minimum Gasteiger partial charge on any atom is -0.460 e. The fourth-order valence-electron chi connectivity index (χ4n) is 3.54. The maximum absolute atomic E-state index is 12.5. The van der Waals surface area contributed by atoms with E-state index in [1.807, 2.05) is 0 Å². The van der Waals surface area contributed by atoms with Crippen LogP contribution in [0.5, 0.6) is 0 Å². The molecule has 0 radical (unpaired) electrons. The monoisotopic (exact) mass is 393 g/mol. The lowest BCUT2D eigenvalue weighted by molar-refractivity contribution is 0.0418. The third kappa shape index (κ3) is 2.46. The molecule has 5 rings (SSSR count). The van der Waals surface area contributed by atoms with E-state index in [4.69, 9.17) is 20.8 Å². The van der Waals surface area contributed by atoms with Crippen LogP contribution in [-0.4, -0.2) is 22.7 Å². The van der Waals surface area contributed by atoms with Crippen molar-refractivity contribution in [2.24, 2.45) is 0 Å². The number of imide groups is 1. The summed E-state index contributed by atoms with van der Waals surface area (Å²) in [6.45, 7) is 0.000484. The lowest BCUT2D eigenvalue weighted by Crippen LogP contribution is -2.28. The molecule has 0 fully saturated rings. The Morgan fingerprint density at radius 2 is 1.61 bits per heavy atom. The minimum absolute atomic E-state index is 0.000484. The Morgan fingerprint density at radius 3 is 2.32 bits per heavy atom. The molecule has 0 spiro atoms. The molecule has 0 N–H and O–H groups in total. The van der Waals surface area contributed by atoms with Gasteiger partial charge in [0.25, 0.3) is 11.8 Å². The minimum atomic E-state index is -0.685. The van der Waals surface area contributed by atoms with E-state index in [9.17, 15) is 14.4 Å². The van der Waals surface area contributed by atoms with Crippen molar-refractivity contribution >= 4 is 29.4 Å². The van der Waals surface area contributed by atoms with Crippen molar-refractivity contribution in [1.29, 1.82) is 0 Å². The first-order chi connectivity index (χ1) is 13.5. The van der Waals surface area contributed by atoms with Gasteiger partial charge in [-0.2, -0.15) is 0 Å². The second-order valence-corrected chi connectivity index (χ2v) is 7.00. The summed E-state index contributed by atoms with van der Waals surface area (Å²) in [7, 11) is 0. The molecule has 2 aromatic carbocycles. The van der Waals surface area contributed by atoms with E-state index in [0.717, 1.165) is 4.90 Å². The summed E-state index contributed by atoms with van der Waals surface area (Å²) < 4.78 is 11.2. The first-order valence-electron chi connectivity index (χ1n) is 8.57. The Balaban J connectivity index is 1.41. The van der Waals surface area contributed by atoms with Gasteiger partial charge in [0.15, 0.2) is 6.10 Å². The van der Waals surface area contributed by atoms with Crippen LogP contribution >= 0.6 is 11.6 Å². The van der Waals surface area contributed by atoms with Gasteiger partial charge in [0.1, 0.15) is 11.5 Å². The van der Waals surface area contributed by atoms with Crippen LogP contribution < -0.4 is 0 Å². The van der Waals surface area contributed by atoms with Crippen molar-refractivity contribution in [1.82, 2.24) is 4.90 Å². The Hall–Kier alpha value is -3.38. The molecule has 3 aromatic rings. The third-order valence-electron chi connectivity index (χ3n) is 4.88. The predicted molar refractivity (Wildman–Crippen MR) is 98.1 cm³/mol. The topological polar surface area (TPSA) is 76.8 Å². The lowest BCUT2D eigenvalue weighted by atomic mass is 10.0. The van der Waals surface area contributed by atoms with Crippen molar-refractivity contribution in [3.05, 3.63) is 93.4 Å². The number of benzene rings is 2. The Kier molecular flexibility index (Phi) is 3.64. The van der Waals surface area contributed by atoms with Gasteiger partial charge in [-0.15, -0.1) is 0 Å². The van der Waals surface area contributed by atoms with E-state index in [-0.39, 0.29) is 18.4 Å². The molecule has 1 aromatic heterocycles. The molecule has 0 aliphatic carbocycles. The maximum Gasteiger partial charge on any atom is 0.339 e. The lowest BCUT2D eigenvalue weighted by Gasteiger charge is -2.12. The maximum atomic E-state index is 12.5. The average Bonchev–Trinajstić information content (AvgIpc) is 3.35. The molecule has 1 unspecified atom stereocenters. The van der Waals surface area contributed by atoms with E-state index in [0.29, 0.717) is 38.8 Å². The van der Waals surface area contributed by atoms with Crippen molar-refractivity contribution < 1.29 is 23.5 Å². The van der Waals surface area contributed by atoms with E-state index in [1.165, 1.54) is 0 Å². The van der Waals surface area contributed by atoms with Crippen LogP contribution in [0.15, 0.2) is 59.0 Å². The number of rotatable bonds is 3. The van der Waals surface area contributed by atoms with E-state index in [2.05, 4.69) is 0 Å². The Morgan fingerprint density at radius 1 is 0.893 bits per heavy atom. The van der Waals surface area contributed by atoms with Gasteiger partial charge in [0.05, 0.1) is 23.2 Å². The number of hydrogen-bond donors (Lipinski definition) is 0. The summed E-state index contributed by atoms with van der Waals surface area (Å²) >= 11 is 5.95. The summed E-state index contributed by atoms with van der Waals surface area (Å²) in [6.07, 6.45) is -0.685. The van der Waals surface area contributed by atoms with Gasteiger partial charge in [-0.05, 0) is 36.4 Å². The van der Waals surface area contributed by atoms with E-state index < -0.39 is 12.1 Å². The largest absolute Gasteiger partial charge is 0.460 e. The number of amides is 2.